The number of piperidine rings is 1. The molecule has 0 aromatic heterocycles. The average molecular weight is 258 g/mol. The average Bonchev–Trinajstić information content (AvgIpc) is 2.33. The number of carbonyl (C=O) groups excluding carboxylic acids is 2. The maximum Gasteiger partial charge on any atom is 0.407 e. The van der Waals surface area contributed by atoms with E-state index in [9.17, 15) is 14.4 Å². The molecule has 1 fully saturated rings. The monoisotopic (exact) mass is 258 g/mol. The number of carboxylic acid groups (broad SMARTS) is 1. The predicted octanol–water partition coefficient (Wildman–Crippen LogP) is 0.197. The van der Waals surface area contributed by atoms with Crippen LogP contribution in [0.4, 0.5) is 4.79 Å². The quantitative estimate of drug-likeness (QED) is 0.750. The molecule has 1 aliphatic rings. The summed E-state index contributed by atoms with van der Waals surface area (Å²) < 4.78 is 4.43. The van der Waals surface area contributed by atoms with Gasteiger partial charge in [-0.3, -0.25) is 9.59 Å². The maximum absolute atomic E-state index is 12.1. The van der Waals surface area contributed by atoms with E-state index >= 15 is 0 Å². The van der Waals surface area contributed by atoms with Gasteiger partial charge in [-0.2, -0.15) is 0 Å². The van der Waals surface area contributed by atoms with Gasteiger partial charge in [0.1, 0.15) is 12.6 Å². The number of aliphatic carboxylic acids is 1. The highest BCUT2D eigenvalue weighted by Gasteiger charge is 2.36. The van der Waals surface area contributed by atoms with Gasteiger partial charge in [-0.1, -0.05) is 6.92 Å². The minimum absolute atomic E-state index is 0.0794. The molecule has 7 nitrogen and oxygen atoms in total. The van der Waals surface area contributed by atoms with Gasteiger partial charge in [0.05, 0.1) is 7.11 Å². The fourth-order valence-electron chi connectivity index (χ4n) is 2.13. The Balaban J connectivity index is 2.73. The van der Waals surface area contributed by atoms with Crippen LogP contribution in [0.1, 0.15) is 26.2 Å². The van der Waals surface area contributed by atoms with Crippen LogP contribution in [0.3, 0.4) is 0 Å². The first-order valence-corrected chi connectivity index (χ1v) is 5.86. The minimum Gasteiger partial charge on any atom is -0.480 e. The lowest BCUT2D eigenvalue weighted by Crippen LogP contribution is -2.57. The smallest absolute Gasteiger partial charge is 0.407 e. The van der Waals surface area contributed by atoms with Crippen molar-refractivity contribution in [2.75, 3.05) is 13.7 Å². The van der Waals surface area contributed by atoms with E-state index < -0.39 is 18.1 Å². The first-order chi connectivity index (χ1) is 8.49. The van der Waals surface area contributed by atoms with Crippen molar-refractivity contribution in [2.45, 2.75) is 38.3 Å². The molecule has 0 spiro atoms. The molecule has 18 heavy (non-hydrogen) atoms. The molecule has 1 aliphatic heterocycles. The molecule has 7 heteroatoms. The minimum atomic E-state index is -1.06. The lowest BCUT2D eigenvalue weighted by atomic mass is 9.96. The van der Waals surface area contributed by atoms with Crippen molar-refractivity contribution < 1.29 is 24.2 Å². The van der Waals surface area contributed by atoms with Crippen LogP contribution in [0.15, 0.2) is 0 Å². The molecule has 1 saturated heterocycles. The van der Waals surface area contributed by atoms with Gasteiger partial charge in [-0.15, -0.1) is 0 Å². The van der Waals surface area contributed by atoms with E-state index in [-0.39, 0.29) is 18.5 Å². The summed E-state index contributed by atoms with van der Waals surface area (Å²) in [5, 5.41) is 11.2. The number of hydrogen-bond donors (Lipinski definition) is 2. The van der Waals surface area contributed by atoms with E-state index in [1.165, 1.54) is 12.0 Å². The maximum atomic E-state index is 12.1. The Morgan fingerprint density at radius 2 is 2.17 bits per heavy atom. The van der Waals surface area contributed by atoms with Crippen LogP contribution in [-0.2, 0) is 14.3 Å². The summed E-state index contributed by atoms with van der Waals surface area (Å²) in [6, 6.07) is -0.774. The van der Waals surface area contributed by atoms with E-state index in [4.69, 9.17) is 5.11 Å². The first kappa shape index (κ1) is 14.3. The summed E-state index contributed by atoms with van der Waals surface area (Å²) in [6.45, 7) is 1.57. The summed E-state index contributed by atoms with van der Waals surface area (Å²) in [7, 11) is 1.21. The largest absolute Gasteiger partial charge is 0.480 e. The summed E-state index contributed by atoms with van der Waals surface area (Å²) in [5.41, 5.74) is 0. The standard InChI is InChI=1S/C11H18N2O5/c1-3-7-4-5-8(12-11(17)18-2)10(16)13(7)6-9(14)15/h7-8H,3-6H2,1-2H3,(H,12,17)(H,14,15). The third kappa shape index (κ3) is 3.35. The summed E-state index contributed by atoms with van der Waals surface area (Å²) in [4.78, 5) is 35.2. The van der Waals surface area contributed by atoms with E-state index in [2.05, 4.69) is 10.1 Å². The zero-order valence-corrected chi connectivity index (χ0v) is 10.5. The molecular weight excluding hydrogens is 240 g/mol. The molecule has 1 rings (SSSR count). The highest BCUT2D eigenvalue weighted by atomic mass is 16.5. The number of alkyl carbamates (subject to hydrolysis) is 1. The Labute approximate surface area is 105 Å². The van der Waals surface area contributed by atoms with Crippen LogP contribution < -0.4 is 5.32 Å². The molecule has 0 bridgehead atoms. The Hall–Kier alpha value is -1.79. The number of likely N-dealkylation sites (tertiary alicyclic amines) is 1. The third-order valence-electron chi connectivity index (χ3n) is 3.06. The fraction of sp³-hybridized carbons (Fsp3) is 0.727. The third-order valence-corrected chi connectivity index (χ3v) is 3.06. The number of rotatable bonds is 4. The van der Waals surface area contributed by atoms with Gasteiger partial charge in [0.2, 0.25) is 5.91 Å². The lowest BCUT2D eigenvalue weighted by molar-refractivity contribution is -0.149. The molecule has 0 aliphatic carbocycles. The SMILES string of the molecule is CCC1CCC(NC(=O)OC)C(=O)N1CC(=O)O. The highest BCUT2D eigenvalue weighted by Crippen LogP contribution is 2.21. The zero-order chi connectivity index (χ0) is 13.7. The Morgan fingerprint density at radius 3 is 2.67 bits per heavy atom. The molecular formula is C11H18N2O5. The second kappa shape index (κ2) is 6.23. The molecule has 1 heterocycles. The van der Waals surface area contributed by atoms with E-state index in [0.717, 1.165) is 0 Å². The van der Waals surface area contributed by atoms with E-state index in [1.807, 2.05) is 6.92 Å². The van der Waals surface area contributed by atoms with Gasteiger partial charge in [-0.05, 0) is 19.3 Å². The number of amides is 2. The summed E-state index contributed by atoms with van der Waals surface area (Å²) >= 11 is 0. The molecule has 0 saturated carbocycles. The zero-order valence-electron chi connectivity index (χ0n) is 10.5. The molecule has 0 radical (unpaired) electrons. The van der Waals surface area contributed by atoms with Crippen molar-refractivity contribution in [3.05, 3.63) is 0 Å². The number of methoxy groups -OCH3 is 1. The van der Waals surface area contributed by atoms with E-state index in [0.29, 0.717) is 19.3 Å². The Morgan fingerprint density at radius 1 is 1.50 bits per heavy atom. The van der Waals surface area contributed by atoms with Crippen LogP contribution in [0.25, 0.3) is 0 Å². The Bertz CT molecular complexity index is 344. The number of nitrogens with zero attached hydrogens (tertiary/aromatic N) is 1. The van der Waals surface area contributed by atoms with Crippen molar-refractivity contribution in [1.29, 1.82) is 0 Å². The van der Waals surface area contributed by atoms with Gasteiger partial charge in [0, 0.05) is 6.04 Å². The van der Waals surface area contributed by atoms with Crippen LogP contribution in [0.2, 0.25) is 0 Å². The van der Waals surface area contributed by atoms with Crippen LogP contribution >= 0.6 is 0 Å². The van der Waals surface area contributed by atoms with Gasteiger partial charge in [-0.25, -0.2) is 4.79 Å². The van der Waals surface area contributed by atoms with Gasteiger partial charge >= 0.3 is 12.1 Å². The van der Waals surface area contributed by atoms with Gasteiger partial charge in [0.15, 0.2) is 0 Å². The number of carboxylic acids is 1. The molecule has 0 aromatic rings. The fourth-order valence-corrected chi connectivity index (χ4v) is 2.13. The van der Waals surface area contributed by atoms with Crippen LogP contribution in [0, 0.1) is 0 Å². The normalized spacial score (nSPS) is 23.7. The Kier molecular flexibility index (Phi) is 4.94. The number of hydrogen-bond acceptors (Lipinski definition) is 4. The molecule has 2 unspecified atom stereocenters. The number of carbonyl (C=O) groups is 3. The molecule has 102 valence electrons. The molecule has 2 atom stereocenters. The summed E-state index contributed by atoms with van der Waals surface area (Å²) in [5.74, 6) is -1.42. The van der Waals surface area contributed by atoms with Gasteiger partial charge < -0.3 is 20.1 Å². The predicted molar refractivity (Wildman–Crippen MR) is 62.0 cm³/mol. The topological polar surface area (TPSA) is 95.9 Å². The van der Waals surface area contributed by atoms with E-state index in [1.54, 1.807) is 0 Å². The number of nitrogens with one attached hydrogen (secondary N) is 1. The number of ether oxygens (including phenoxy) is 1. The van der Waals surface area contributed by atoms with Gasteiger partial charge in [0.25, 0.3) is 0 Å². The van der Waals surface area contributed by atoms with Crippen molar-refractivity contribution in [3.63, 3.8) is 0 Å². The molecule has 0 aromatic carbocycles. The first-order valence-electron chi connectivity index (χ1n) is 5.86. The second-order valence-electron chi connectivity index (χ2n) is 4.19. The van der Waals surface area contributed by atoms with Crippen LogP contribution in [-0.4, -0.2) is 53.7 Å². The molecule has 2 amide bonds. The van der Waals surface area contributed by atoms with Crippen molar-refractivity contribution in [3.8, 4) is 0 Å². The lowest BCUT2D eigenvalue weighted by Gasteiger charge is -2.37. The van der Waals surface area contributed by atoms with Crippen LogP contribution in [0.5, 0.6) is 0 Å². The van der Waals surface area contributed by atoms with Crippen molar-refractivity contribution in [2.24, 2.45) is 0 Å². The second-order valence-corrected chi connectivity index (χ2v) is 4.19. The highest BCUT2D eigenvalue weighted by molar-refractivity contribution is 5.89. The van der Waals surface area contributed by atoms with Crippen molar-refractivity contribution in [1.82, 2.24) is 10.2 Å². The summed E-state index contributed by atoms with van der Waals surface area (Å²) in [6.07, 6.45) is 1.19. The van der Waals surface area contributed by atoms with Crippen molar-refractivity contribution >= 4 is 18.0 Å². The molecule has 2 N–H and O–H groups in total.